The third-order valence-corrected chi connectivity index (χ3v) is 8.85. The fraction of sp³-hybridized carbons (Fsp3) is 0.486. The minimum Gasteiger partial charge on any atom is -0.463 e. The number of aromatic amines is 1. The SMILES string of the molecule is CC[C@H](COC(=O)[C@@H](N)[C@@H](C)CC)Nc1ncc(C)c(-c2c[nH]c(C(=O)N[C@H](COC(=O)[C@@H](C=N)[C@@H](C)CC)c3cccc(Cl)c3)c2)n1. The Morgan fingerprint density at radius 1 is 1.04 bits per heavy atom. The Bertz CT molecular complexity index is 1550. The summed E-state index contributed by atoms with van der Waals surface area (Å²) in [6.45, 7) is 11.5. The highest BCUT2D eigenvalue weighted by Crippen LogP contribution is 2.25. The van der Waals surface area contributed by atoms with Crippen LogP contribution in [0.5, 0.6) is 0 Å². The lowest BCUT2D eigenvalue weighted by Crippen LogP contribution is -2.40. The van der Waals surface area contributed by atoms with Gasteiger partial charge < -0.3 is 36.2 Å². The number of hydrogen-bond acceptors (Lipinski definition) is 10. The lowest BCUT2D eigenvalue weighted by atomic mass is 9.93. The Hall–Kier alpha value is -4.29. The van der Waals surface area contributed by atoms with Gasteiger partial charge in [0.1, 0.15) is 24.9 Å². The van der Waals surface area contributed by atoms with Gasteiger partial charge >= 0.3 is 11.9 Å². The Balaban J connectivity index is 1.74. The van der Waals surface area contributed by atoms with Gasteiger partial charge in [0.2, 0.25) is 5.95 Å². The largest absolute Gasteiger partial charge is 0.463 e. The lowest BCUT2D eigenvalue weighted by molar-refractivity contribution is -0.148. The summed E-state index contributed by atoms with van der Waals surface area (Å²) in [4.78, 5) is 50.8. The molecule has 260 valence electrons. The topological polar surface area (TPSA) is 185 Å². The summed E-state index contributed by atoms with van der Waals surface area (Å²) < 4.78 is 11.1. The second-order valence-electron chi connectivity index (χ2n) is 12.1. The molecule has 6 N–H and O–H groups in total. The molecule has 1 aromatic carbocycles. The van der Waals surface area contributed by atoms with E-state index in [-0.39, 0.29) is 36.8 Å². The van der Waals surface area contributed by atoms with Crippen LogP contribution in [0.2, 0.25) is 5.02 Å². The number of aromatic nitrogens is 3. The van der Waals surface area contributed by atoms with E-state index in [2.05, 4.69) is 25.6 Å². The maximum Gasteiger partial charge on any atom is 0.323 e. The maximum atomic E-state index is 13.5. The van der Waals surface area contributed by atoms with Gasteiger partial charge in [0.05, 0.1) is 23.7 Å². The lowest BCUT2D eigenvalue weighted by Gasteiger charge is -2.22. The number of nitrogens with zero attached hydrogens (tertiary/aromatic N) is 2. The van der Waals surface area contributed by atoms with Crippen LogP contribution in [-0.4, -0.2) is 64.3 Å². The number of ether oxygens (including phenoxy) is 2. The van der Waals surface area contributed by atoms with E-state index < -0.39 is 35.8 Å². The molecule has 0 aliphatic rings. The Kier molecular flexibility index (Phi) is 14.6. The fourth-order valence-electron chi connectivity index (χ4n) is 4.84. The number of halogens is 1. The molecule has 0 bridgehead atoms. The van der Waals surface area contributed by atoms with Gasteiger partial charge in [-0.1, -0.05) is 71.2 Å². The van der Waals surface area contributed by atoms with Gasteiger partial charge in [-0.3, -0.25) is 14.4 Å². The molecule has 6 atom stereocenters. The number of benzene rings is 1. The number of carbonyl (C=O) groups excluding carboxylic acids is 3. The van der Waals surface area contributed by atoms with E-state index in [0.29, 0.717) is 40.6 Å². The Morgan fingerprint density at radius 3 is 2.40 bits per heavy atom. The molecule has 2 aromatic heterocycles. The highest BCUT2D eigenvalue weighted by atomic mass is 35.5. The number of nitrogens with one attached hydrogen (secondary N) is 4. The van der Waals surface area contributed by atoms with Crippen LogP contribution in [0.3, 0.4) is 0 Å². The summed E-state index contributed by atoms with van der Waals surface area (Å²) in [5, 5.41) is 14.3. The van der Waals surface area contributed by atoms with Crippen LogP contribution < -0.4 is 16.4 Å². The monoisotopic (exact) mass is 681 g/mol. The summed E-state index contributed by atoms with van der Waals surface area (Å²) in [7, 11) is 0. The smallest absolute Gasteiger partial charge is 0.323 e. The van der Waals surface area contributed by atoms with Gasteiger partial charge in [-0.2, -0.15) is 0 Å². The molecule has 12 nitrogen and oxygen atoms in total. The van der Waals surface area contributed by atoms with Gasteiger partial charge in [-0.15, -0.1) is 0 Å². The van der Waals surface area contributed by atoms with E-state index in [0.717, 1.165) is 18.2 Å². The number of aryl methyl sites for hydroxylation is 1. The molecular formula is C35H48ClN7O5. The van der Waals surface area contributed by atoms with E-state index in [1.807, 2.05) is 41.5 Å². The van der Waals surface area contributed by atoms with Crippen LogP contribution in [0.1, 0.15) is 81.5 Å². The molecule has 48 heavy (non-hydrogen) atoms. The molecule has 0 aliphatic carbocycles. The molecule has 2 heterocycles. The van der Waals surface area contributed by atoms with Crippen LogP contribution in [0.15, 0.2) is 42.7 Å². The number of nitrogens with two attached hydrogens (primary N) is 1. The van der Waals surface area contributed by atoms with Gasteiger partial charge in [-0.05, 0) is 54.5 Å². The first-order chi connectivity index (χ1) is 22.9. The van der Waals surface area contributed by atoms with Crippen molar-refractivity contribution in [2.45, 2.75) is 78.9 Å². The normalized spacial score (nSPS) is 14.9. The van der Waals surface area contributed by atoms with Crippen molar-refractivity contribution >= 4 is 41.6 Å². The molecule has 0 aliphatic heterocycles. The first-order valence-electron chi connectivity index (χ1n) is 16.4. The van der Waals surface area contributed by atoms with E-state index in [1.165, 1.54) is 0 Å². The van der Waals surface area contributed by atoms with Gasteiger partial charge in [0.25, 0.3) is 5.91 Å². The number of rotatable bonds is 18. The molecule has 3 rings (SSSR count). The van der Waals surface area contributed by atoms with E-state index in [1.54, 1.807) is 42.7 Å². The highest BCUT2D eigenvalue weighted by molar-refractivity contribution is 6.30. The second-order valence-corrected chi connectivity index (χ2v) is 12.5. The average molecular weight is 682 g/mol. The molecule has 1 amide bonds. The second kappa shape index (κ2) is 18.3. The molecule has 0 radical (unpaired) electrons. The number of esters is 2. The standard InChI is InChI=1S/C35H48ClN7O5/c1-7-20(4)27(15-37)33(45)48-19-29(23-11-10-12-25(36)13-23)42-32(44)28-14-24(17-39-28)31-22(6)16-40-35(43-31)41-26(9-3)18-47-34(46)30(38)21(5)8-2/h10-17,20-21,26-27,29-30,37,39H,7-9,18-19,38H2,1-6H3,(H,42,44)(H,40,41,43)/t20-,21-,26+,27-,29+,30-/m0/s1. The number of amides is 1. The Labute approximate surface area is 287 Å². The summed E-state index contributed by atoms with van der Waals surface area (Å²) in [5.41, 5.74) is 9.00. The first kappa shape index (κ1) is 38.2. The van der Waals surface area contributed by atoms with Crippen LogP contribution in [-0.2, 0) is 19.1 Å². The number of anilines is 1. The number of carbonyl (C=O) groups is 3. The van der Waals surface area contributed by atoms with E-state index >= 15 is 0 Å². The zero-order valence-electron chi connectivity index (χ0n) is 28.5. The quantitative estimate of drug-likeness (QED) is 0.0809. The summed E-state index contributed by atoms with van der Waals surface area (Å²) in [5.74, 6) is -1.77. The maximum absolute atomic E-state index is 13.5. The van der Waals surface area contributed by atoms with Crippen LogP contribution in [0, 0.1) is 30.1 Å². The van der Waals surface area contributed by atoms with Crippen molar-refractivity contribution < 1.29 is 23.9 Å². The molecule has 0 saturated carbocycles. The molecule has 3 aromatic rings. The molecule has 0 unspecified atom stereocenters. The minimum atomic E-state index is -0.702. The van der Waals surface area contributed by atoms with Crippen LogP contribution >= 0.6 is 11.6 Å². The summed E-state index contributed by atoms with van der Waals surface area (Å²) >= 11 is 6.24. The highest BCUT2D eigenvalue weighted by Gasteiger charge is 2.26. The van der Waals surface area contributed by atoms with Crippen molar-refractivity contribution in [2.24, 2.45) is 23.5 Å². The zero-order valence-corrected chi connectivity index (χ0v) is 29.3. The number of H-pyrrole nitrogens is 1. The summed E-state index contributed by atoms with van der Waals surface area (Å²) in [6.07, 6.45) is 6.59. The van der Waals surface area contributed by atoms with E-state index in [9.17, 15) is 14.4 Å². The van der Waals surface area contributed by atoms with Crippen molar-refractivity contribution in [2.75, 3.05) is 18.5 Å². The van der Waals surface area contributed by atoms with Crippen molar-refractivity contribution in [3.8, 4) is 11.3 Å². The summed E-state index contributed by atoms with van der Waals surface area (Å²) in [6, 6.07) is 7.02. The molecule has 0 fully saturated rings. The van der Waals surface area contributed by atoms with Crippen molar-refractivity contribution in [1.29, 1.82) is 5.41 Å². The minimum absolute atomic E-state index is 0.0159. The third kappa shape index (κ3) is 10.4. The molecule has 0 saturated heterocycles. The fourth-order valence-corrected chi connectivity index (χ4v) is 5.03. The predicted molar refractivity (Wildman–Crippen MR) is 187 cm³/mol. The zero-order chi connectivity index (χ0) is 35.4. The molecule has 13 heteroatoms. The average Bonchev–Trinajstić information content (AvgIpc) is 3.58. The van der Waals surface area contributed by atoms with Crippen molar-refractivity contribution in [3.05, 3.63) is 64.6 Å². The Morgan fingerprint density at radius 2 is 1.75 bits per heavy atom. The van der Waals surface area contributed by atoms with Crippen molar-refractivity contribution in [3.63, 3.8) is 0 Å². The van der Waals surface area contributed by atoms with Crippen LogP contribution in [0.25, 0.3) is 11.3 Å². The predicted octanol–water partition coefficient (Wildman–Crippen LogP) is 5.87. The third-order valence-electron chi connectivity index (χ3n) is 8.61. The number of hydrogen-bond donors (Lipinski definition) is 5. The first-order valence-corrected chi connectivity index (χ1v) is 16.7. The van der Waals surface area contributed by atoms with Crippen LogP contribution in [0.4, 0.5) is 5.95 Å². The van der Waals surface area contributed by atoms with Crippen molar-refractivity contribution in [1.82, 2.24) is 20.3 Å². The molecule has 0 spiro atoms. The van der Waals surface area contributed by atoms with Gasteiger partial charge in [-0.25, -0.2) is 9.97 Å². The van der Waals surface area contributed by atoms with E-state index in [4.69, 9.17) is 32.2 Å². The van der Waals surface area contributed by atoms with Gasteiger partial charge in [0.15, 0.2) is 0 Å². The molecular weight excluding hydrogens is 634 g/mol. The van der Waals surface area contributed by atoms with Gasteiger partial charge in [0, 0.05) is 29.2 Å².